The Morgan fingerprint density at radius 2 is 2.15 bits per heavy atom. The van der Waals surface area contributed by atoms with Crippen molar-refractivity contribution < 1.29 is 4.79 Å². The summed E-state index contributed by atoms with van der Waals surface area (Å²) in [6.07, 6.45) is 3.74. The quantitative estimate of drug-likeness (QED) is 0.650. The molecule has 1 aromatic carbocycles. The largest absolute Gasteiger partial charge is 0.382 e. The molecule has 1 aliphatic heterocycles. The monoisotopic (exact) mass is 173 g/mol. The molecule has 0 atom stereocenters. The van der Waals surface area contributed by atoms with Gasteiger partial charge in [-0.3, -0.25) is 4.79 Å². The molecule has 1 aromatic rings. The highest BCUT2D eigenvalue weighted by Gasteiger charge is 2.05. The van der Waals surface area contributed by atoms with E-state index in [9.17, 15) is 4.79 Å². The van der Waals surface area contributed by atoms with E-state index in [1.807, 2.05) is 24.3 Å². The number of benzene rings is 1. The molecule has 0 unspecified atom stereocenters. The van der Waals surface area contributed by atoms with Gasteiger partial charge in [0, 0.05) is 6.54 Å². The fourth-order valence-corrected chi connectivity index (χ4v) is 1.54. The molecule has 2 nitrogen and oxygen atoms in total. The van der Waals surface area contributed by atoms with Gasteiger partial charge in [-0.15, -0.1) is 0 Å². The van der Waals surface area contributed by atoms with Gasteiger partial charge in [0.05, 0.1) is 5.70 Å². The molecule has 0 fully saturated rings. The normalized spacial score (nSPS) is 14.9. The minimum atomic E-state index is 0.671. The lowest BCUT2D eigenvalue weighted by molar-refractivity contribution is -0.105. The van der Waals surface area contributed by atoms with Crippen molar-refractivity contribution in [1.82, 2.24) is 5.32 Å². The number of carbonyl (C=O) groups excluding carboxylic acids is 1. The first-order valence-electron chi connectivity index (χ1n) is 4.39. The molecule has 2 rings (SSSR count). The maximum atomic E-state index is 10.6. The van der Waals surface area contributed by atoms with E-state index in [4.69, 9.17) is 0 Å². The molecule has 0 radical (unpaired) electrons. The summed E-state index contributed by atoms with van der Waals surface area (Å²) < 4.78 is 0. The molecule has 0 saturated heterocycles. The zero-order valence-corrected chi connectivity index (χ0v) is 7.29. The van der Waals surface area contributed by atoms with Crippen LogP contribution in [0.5, 0.6) is 0 Å². The summed E-state index contributed by atoms with van der Waals surface area (Å²) >= 11 is 0. The van der Waals surface area contributed by atoms with Crippen molar-refractivity contribution in [2.75, 3.05) is 6.54 Å². The smallest absolute Gasteiger partial charge is 0.165 e. The molecule has 0 amide bonds. The maximum Gasteiger partial charge on any atom is 0.165 e. The summed E-state index contributed by atoms with van der Waals surface area (Å²) in [6, 6.07) is 8.15. The molecule has 1 N–H and O–H groups in total. The van der Waals surface area contributed by atoms with Gasteiger partial charge in [0.15, 0.2) is 6.29 Å². The minimum Gasteiger partial charge on any atom is -0.382 e. The van der Waals surface area contributed by atoms with Crippen molar-refractivity contribution in [3.05, 3.63) is 41.1 Å². The van der Waals surface area contributed by atoms with Crippen LogP contribution < -0.4 is 5.32 Å². The number of hydrogen-bond donors (Lipinski definition) is 1. The van der Waals surface area contributed by atoms with E-state index in [1.54, 1.807) is 0 Å². The summed E-state index contributed by atoms with van der Waals surface area (Å²) in [5.41, 5.74) is 3.12. The van der Waals surface area contributed by atoms with Crippen LogP contribution in [-0.4, -0.2) is 12.8 Å². The van der Waals surface area contributed by atoms with Crippen LogP contribution in [0.15, 0.2) is 30.0 Å². The lowest BCUT2D eigenvalue weighted by atomic mass is 10.1. The molecule has 1 heterocycles. The van der Waals surface area contributed by atoms with E-state index in [2.05, 4.69) is 11.4 Å². The van der Waals surface area contributed by atoms with Gasteiger partial charge >= 0.3 is 0 Å². The topological polar surface area (TPSA) is 29.1 Å². The summed E-state index contributed by atoms with van der Waals surface area (Å²) in [7, 11) is 0. The van der Waals surface area contributed by atoms with E-state index in [0.717, 1.165) is 24.8 Å². The molecule has 1 aliphatic rings. The van der Waals surface area contributed by atoms with Crippen molar-refractivity contribution >= 4 is 12.4 Å². The van der Waals surface area contributed by atoms with E-state index in [-0.39, 0.29) is 0 Å². The second-order valence-corrected chi connectivity index (χ2v) is 3.09. The van der Waals surface area contributed by atoms with Crippen LogP contribution in [0.25, 0.3) is 6.08 Å². The molecule has 0 bridgehead atoms. The molecule has 0 aromatic heterocycles. The van der Waals surface area contributed by atoms with Gasteiger partial charge in [0.1, 0.15) is 0 Å². The summed E-state index contributed by atoms with van der Waals surface area (Å²) in [6.45, 7) is 0.835. The third-order valence-corrected chi connectivity index (χ3v) is 2.22. The van der Waals surface area contributed by atoms with Crippen LogP contribution in [0.2, 0.25) is 0 Å². The Kier molecular flexibility index (Phi) is 2.13. The highest BCUT2D eigenvalue weighted by atomic mass is 16.1. The Morgan fingerprint density at radius 3 is 3.00 bits per heavy atom. The molecule has 0 aliphatic carbocycles. The van der Waals surface area contributed by atoms with Gasteiger partial charge in [-0.25, -0.2) is 0 Å². The Labute approximate surface area is 77.3 Å². The zero-order valence-electron chi connectivity index (χ0n) is 7.29. The Balaban J connectivity index is 2.45. The van der Waals surface area contributed by atoms with Crippen LogP contribution in [-0.2, 0) is 11.2 Å². The SMILES string of the molecule is O=CC1=Cc2ccccc2CCN1. The third-order valence-electron chi connectivity index (χ3n) is 2.22. The molecular weight excluding hydrogens is 162 g/mol. The first-order valence-corrected chi connectivity index (χ1v) is 4.39. The standard InChI is InChI=1S/C11H11NO/c13-8-11-7-10-4-2-1-3-9(10)5-6-12-11/h1-4,7-8,12H,5-6H2. The average Bonchev–Trinajstić information content (AvgIpc) is 2.38. The van der Waals surface area contributed by atoms with E-state index >= 15 is 0 Å². The van der Waals surface area contributed by atoms with E-state index < -0.39 is 0 Å². The highest BCUT2D eigenvalue weighted by molar-refractivity contribution is 5.81. The Bertz CT molecular complexity index is 355. The van der Waals surface area contributed by atoms with Crippen LogP contribution in [0.1, 0.15) is 11.1 Å². The second kappa shape index (κ2) is 3.44. The van der Waals surface area contributed by atoms with Gasteiger partial charge in [-0.1, -0.05) is 24.3 Å². The summed E-state index contributed by atoms with van der Waals surface area (Å²) in [5.74, 6) is 0. The van der Waals surface area contributed by atoms with Gasteiger partial charge in [-0.05, 0) is 23.6 Å². The van der Waals surface area contributed by atoms with Crippen molar-refractivity contribution in [2.24, 2.45) is 0 Å². The maximum absolute atomic E-state index is 10.6. The van der Waals surface area contributed by atoms with Crippen molar-refractivity contribution in [3.63, 3.8) is 0 Å². The van der Waals surface area contributed by atoms with Gasteiger partial charge in [0.2, 0.25) is 0 Å². The van der Waals surface area contributed by atoms with Crippen molar-refractivity contribution in [1.29, 1.82) is 0 Å². The number of hydrogen-bond acceptors (Lipinski definition) is 2. The van der Waals surface area contributed by atoms with Crippen molar-refractivity contribution in [3.8, 4) is 0 Å². The van der Waals surface area contributed by atoms with E-state index in [1.165, 1.54) is 5.56 Å². The number of fused-ring (bicyclic) bond motifs is 1. The molecule has 66 valence electrons. The summed E-state index contributed by atoms with van der Waals surface area (Å²) in [4.78, 5) is 10.6. The Morgan fingerprint density at radius 1 is 1.31 bits per heavy atom. The number of rotatable bonds is 1. The number of allylic oxidation sites excluding steroid dienone is 1. The van der Waals surface area contributed by atoms with Crippen LogP contribution in [0, 0.1) is 0 Å². The second-order valence-electron chi connectivity index (χ2n) is 3.09. The molecule has 2 heteroatoms. The van der Waals surface area contributed by atoms with Gasteiger partial charge < -0.3 is 5.32 Å². The predicted molar refractivity (Wildman–Crippen MR) is 52.2 cm³/mol. The lowest BCUT2D eigenvalue weighted by Crippen LogP contribution is -2.15. The van der Waals surface area contributed by atoms with Crippen LogP contribution in [0.4, 0.5) is 0 Å². The first-order chi connectivity index (χ1) is 6.40. The highest BCUT2D eigenvalue weighted by Crippen LogP contribution is 2.14. The zero-order chi connectivity index (χ0) is 9.10. The lowest BCUT2D eigenvalue weighted by Gasteiger charge is -2.00. The van der Waals surface area contributed by atoms with Crippen molar-refractivity contribution in [2.45, 2.75) is 6.42 Å². The fraction of sp³-hybridized carbons (Fsp3) is 0.182. The van der Waals surface area contributed by atoms with Gasteiger partial charge in [0.25, 0.3) is 0 Å². The molecular formula is C11H11NO. The predicted octanol–water partition coefficient (Wildman–Crippen LogP) is 1.37. The minimum absolute atomic E-state index is 0.671. The number of carbonyl (C=O) groups is 1. The van der Waals surface area contributed by atoms with Crippen LogP contribution >= 0.6 is 0 Å². The number of aldehydes is 1. The molecule has 0 saturated carbocycles. The average molecular weight is 173 g/mol. The number of nitrogens with one attached hydrogen (secondary N) is 1. The molecule has 0 spiro atoms. The Hall–Kier alpha value is -1.57. The van der Waals surface area contributed by atoms with E-state index in [0.29, 0.717) is 5.70 Å². The fourth-order valence-electron chi connectivity index (χ4n) is 1.54. The molecule has 13 heavy (non-hydrogen) atoms. The van der Waals surface area contributed by atoms with Crippen LogP contribution in [0.3, 0.4) is 0 Å². The first kappa shape index (κ1) is 8.05. The summed E-state index contributed by atoms with van der Waals surface area (Å²) in [5, 5.41) is 3.07. The van der Waals surface area contributed by atoms with Gasteiger partial charge in [-0.2, -0.15) is 0 Å². The third kappa shape index (κ3) is 1.61.